The maximum Gasteiger partial charge on any atom is 0.318 e. The van der Waals surface area contributed by atoms with Crippen LogP contribution in [0.1, 0.15) is 37.7 Å². The zero-order valence-corrected chi connectivity index (χ0v) is 14.1. The molecule has 1 saturated carbocycles. The summed E-state index contributed by atoms with van der Waals surface area (Å²) < 4.78 is 32.6. The predicted molar refractivity (Wildman–Crippen MR) is 89.3 cm³/mol. The average molecular weight is 345 g/mol. The smallest absolute Gasteiger partial charge is 0.318 e. The zero-order chi connectivity index (χ0) is 16.6. The molecule has 24 heavy (non-hydrogen) atoms. The van der Waals surface area contributed by atoms with Crippen molar-refractivity contribution in [2.45, 2.75) is 49.6 Å². The number of anilines is 1. The zero-order valence-electron chi connectivity index (χ0n) is 13.3. The molecule has 0 amide bonds. The van der Waals surface area contributed by atoms with Gasteiger partial charge in [0.1, 0.15) is 11.9 Å². The van der Waals surface area contributed by atoms with Gasteiger partial charge < -0.3 is 4.74 Å². The molecule has 0 radical (unpaired) electrons. The fourth-order valence-corrected chi connectivity index (χ4v) is 4.92. The van der Waals surface area contributed by atoms with Crippen LogP contribution < -0.4 is 9.04 Å². The lowest BCUT2D eigenvalue weighted by Crippen LogP contribution is -2.25. The Balaban J connectivity index is 1.60. The first-order valence-corrected chi connectivity index (χ1v) is 9.69. The number of fused-ring (bicyclic) bond motifs is 1. The van der Waals surface area contributed by atoms with E-state index in [-0.39, 0.29) is 12.1 Å². The first kappa shape index (κ1) is 15.4. The maximum absolute atomic E-state index is 12.7. The van der Waals surface area contributed by atoms with Crippen LogP contribution in [-0.2, 0) is 16.6 Å². The quantitative estimate of drug-likeness (QED) is 0.855. The van der Waals surface area contributed by atoms with Gasteiger partial charge in [-0.05, 0) is 37.3 Å². The van der Waals surface area contributed by atoms with Crippen LogP contribution in [0.15, 0.2) is 41.4 Å². The van der Waals surface area contributed by atoms with Gasteiger partial charge in [0, 0.05) is 12.3 Å². The summed E-state index contributed by atoms with van der Waals surface area (Å²) in [4.78, 5) is 8.83. The molecule has 4 rings (SSSR count). The van der Waals surface area contributed by atoms with Gasteiger partial charge in [-0.15, -0.1) is 0 Å². The molecule has 0 unspecified atom stereocenters. The van der Waals surface area contributed by atoms with Crippen molar-refractivity contribution in [2.75, 3.05) is 4.31 Å². The number of benzene rings is 1. The number of sulfonamides is 1. The molecule has 0 spiro atoms. The Kier molecular flexibility index (Phi) is 3.88. The second-order valence-corrected chi connectivity index (χ2v) is 8.03. The van der Waals surface area contributed by atoms with Crippen molar-refractivity contribution in [1.82, 2.24) is 9.97 Å². The van der Waals surface area contributed by atoms with Crippen molar-refractivity contribution in [3.05, 3.63) is 42.1 Å². The molecular formula is C17H19N3O3S. The van der Waals surface area contributed by atoms with Crippen LogP contribution in [0.25, 0.3) is 0 Å². The van der Waals surface area contributed by atoms with E-state index in [1.54, 1.807) is 24.4 Å². The number of hydrogen-bond acceptors (Lipinski definition) is 5. The maximum atomic E-state index is 12.7. The molecule has 0 saturated heterocycles. The van der Waals surface area contributed by atoms with E-state index in [0.717, 1.165) is 31.2 Å². The van der Waals surface area contributed by atoms with Crippen molar-refractivity contribution in [3.63, 3.8) is 0 Å². The van der Waals surface area contributed by atoms with Crippen LogP contribution in [-0.4, -0.2) is 24.5 Å². The molecule has 2 heterocycles. The largest absolute Gasteiger partial charge is 0.460 e. The minimum Gasteiger partial charge on any atom is -0.460 e. The molecule has 6 nitrogen and oxygen atoms in total. The topological polar surface area (TPSA) is 72.4 Å². The van der Waals surface area contributed by atoms with E-state index in [1.165, 1.54) is 10.7 Å². The lowest BCUT2D eigenvalue weighted by Gasteiger charge is -2.22. The minimum absolute atomic E-state index is 0.126. The summed E-state index contributed by atoms with van der Waals surface area (Å²) >= 11 is 0. The Morgan fingerprint density at radius 2 is 1.88 bits per heavy atom. The van der Waals surface area contributed by atoms with Crippen LogP contribution in [0.4, 0.5) is 5.82 Å². The van der Waals surface area contributed by atoms with Gasteiger partial charge in [-0.1, -0.05) is 24.6 Å². The van der Waals surface area contributed by atoms with Gasteiger partial charge in [-0.25, -0.2) is 17.7 Å². The molecule has 0 atom stereocenters. The van der Waals surface area contributed by atoms with E-state index in [1.807, 2.05) is 12.1 Å². The Morgan fingerprint density at radius 1 is 1.08 bits per heavy atom. The molecule has 7 heteroatoms. The third-order valence-corrected chi connectivity index (χ3v) is 6.40. The molecule has 1 aromatic heterocycles. The fourth-order valence-electron chi connectivity index (χ4n) is 3.31. The molecule has 2 aliphatic rings. The van der Waals surface area contributed by atoms with E-state index in [2.05, 4.69) is 9.97 Å². The van der Waals surface area contributed by atoms with Crippen LogP contribution in [0.3, 0.4) is 0 Å². The third-order valence-electron chi connectivity index (χ3n) is 4.55. The van der Waals surface area contributed by atoms with E-state index >= 15 is 0 Å². The number of rotatable bonds is 3. The summed E-state index contributed by atoms with van der Waals surface area (Å²) in [7, 11) is -3.56. The summed E-state index contributed by atoms with van der Waals surface area (Å²) in [5, 5.41) is 0. The van der Waals surface area contributed by atoms with Gasteiger partial charge in [-0.3, -0.25) is 0 Å². The molecule has 126 valence electrons. The van der Waals surface area contributed by atoms with Crippen LogP contribution >= 0.6 is 0 Å². The van der Waals surface area contributed by atoms with E-state index < -0.39 is 10.0 Å². The van der Waals surface area contributed by atoms with Crippen molar-refractivity contribution in [1.29, 1.82) is 0 Å². The summed E-state index contributed by atoms with van der Waals surface area (Å²) in [6.07, 6.45) is 7.23. The standard InChI is InChI=1S/C17H19N3O3S/c21-24(22)15-9-5-4-6-13(15)12-20(24)16-10-11-18-17(19-16)23-14-7-2-1-3-8-14/h4-6,9-11,14H,1-3,7-8,12H2. The van der Waals surface area contributed by atoms with Crippen molar-refractivity contribution in [2.24, 2.45) is 0 Å². The number of nitrogens with zero attached hydrogens (tertiary/aromatic N) is 3. The average Bonchev–Trinajstić information content (AvgIpc) is 2.88. The van der Waals surface area contributed by atoms with Gasteiger partial charge >= 0.3 is 6.01 Å². The van der Waals surface area contributed by atoms with Crippen molar-refractivity contribution >= 4 is 15.8 Å². The Hall–Kier alpha value is -2.15. The van der Waals surface area contributed by atoms with Gasteiger partial charge in [0.05, 0.1) is 11.4 Å². The molecule has 1 aromatic carbocycles. The van der Waals surface area contributed by atoms with Crippen LogP contribution in [0.5, 0.6) is 6.01 Å². The van der Waals surface area contributed by atoms with Gasteiger partial charge in [0.25, 0.3) is 10.0 Å². The molecule has 1 aliphatic carbocycles. The van der Waals surface area contributed by atoms with Crippen LogP contribution in [0.2, 0.25) is 0 Å². The lowest BCUT2D eigenvalue weighted by atomic mass is 9.98. The Bertz CT molecular complexity index is 848. The molecule has 1 fully saturated rings. The first-order chi connectivity index (χ1) is 11.6. The number of hydrogen-bond donors (Lipinski definition) is 0. The van der Waals surface area contributed by atoms with Crippen molar-refractivity contribution in [3.8, 4) is 6.01 Å². The first-order valence-electron chi connectivity index (χ1n) is 8.25. The summed E-state index contributed by atoms with van der Waals surface area (Å²) in [6.45, 7) is 0.290. The monoisotopic (exact) mass is 345 g/mol. The SMILES string of the molecule is O=S1(=O)c2ccccc2CN1c1ccnc(OC2CCCCC2)n1. The van der Waals surface area contributed by atoms with Crippen molar-refractivity contribution < 1.29 is 13.2 Å². The lowest BCUT2D eigenvalue weighted by molar-refractivity contribution is 0.142. The Morgan fingerprint density at radius 3 is 2.67 bits per heavy atom. The predicted octanol–water partition coefficient (Wildman–Crippen LogP) is 2.90. The molecule has 1 aliphatic heterocycles. The highest BCUT2D eigenvalue weighted by atomic mass is 32.2. The summed E-state index contributed by atoms with van der Waals surface area (Å²) in [5.74, 6) is 0.354. The van der Waals surface area contributed by atoms with E-state index in [9.17, 15) is 8.42 Å². The molecule has 0 N–H and O–H groups in total. The minimum atomic E-state index is -3.56. The van der Waals surface area contributed by atoms with Gasteiger partial charge in [-0.2, -0.15) is 4.98 Å². The van der Waals surface area contributed by atoms with Gasteiger partial charge in [0.2, 0.25) is 0 Å². The normalized spacial score (nSPS) is 19.9. The van der Waals surface area contributed by atoms with Gasteiger partial charge in [0.15, 0.2) is 0 Å². The highest BCUT2D eigenvalue weighted by molar-refractivity contribution is 7.93. The second-order valence-electron chi connectivity index (χ2n) is 6.19. The number of ether oxygens (including phenoxy) is 1. The van der Waals surface area contributed by atoms with E-state index in [4.69, 9.17) is 4.74 Å². The third kappa shape index (κ3) is 2.73. The van der Waals surface area contributed by atoms with Crippen LogP contribution in [0, 0.1) is 0 Å². The molecule has 0 bridgehead atoms. The highest BCUT2D eigenvalue weighted by Crippen LogP contribution is 2.33. The summed E-state index contributed by atoms with van der Waals surface area (Å²) in [6, 6.07) is 8.90. The fraction of sp³-hybridized carbons (Fsp3) is 0.412. The summed E-state index contributed by atoms with van der Waals surface area (Å²) in [5.41, 5.74) is 0.783. The second kappa shape index (κ2) is 6.05. The molecule has 2 aromatic rings. The Labute approximate surface area is 141 Å². The molecular weight excluding hydrogens is 326 g/mol. The van der Waals surface area contributed by atoms with E-state index in [0.29, 0.717) is 17.3 Å². The number of aromatic nitrogens is 2. The highest BCUT2D eigenvalue weighted by Gasteiger charge is 2.35.